The molecule has 0 saturated carbocycles. The molecule has 0 spiro atoms. The van der Waals surface area contributed by atoms with Gasteiger partial charge in [-0.25, -0.2) is 0 Å². The number of ether oxygens (including phenoxy) is 1. The van der Waals surface area contributed by atoms with E-state index in [2.05, 4.69) is 10.1 Å². The summed E-state index contributed by atoms with van der Waals surface area (Å²) in [5.74, 6) is -2.31. The van der Waals surface area contributed by atoms with E-state index in [1.165, 1.54) is 30.3 Å². The van der Waals surface area contributed by atoms with E-state index in [4.69, 9.17) is 11.6 Å². The van der Waals surface area contributed by atoms with Crippen LogP contribution < -0.4 is 10.1 Å². The minimum absolute atomic E-state index is 0.113. The number of hydrogen-bond donors (Lipinski definition) is 1. The lowest BCUT2D eigenvalue weighted by Gasteiger charge is -2.16. The molecule has 0 radical (unpaired) electrons. The summed E-state index contributed by atoms with van der Waals surface area (Å²) in [4.78, 5) is 37.6. The van der Waals surface area contributed by atoms with Gasteiger partial charge >= 0.3 is 6.18 Å². The van der Waals surface area contributed by atoms with E-state index in [1.54, 1.807) is 12.1 Å². The second-order valence-electron chi connectivity index (χ2n) is 5.83. The van der Waals surface area contributed by atoms with E-state index in [9.17, 15) is 27.6 Å². The lowest BCUT2D eigenvalue weighted by molar-refractivity contribution is -0.153. The molecule has 6 nitrogen and oxygen atoms in total. The van der Waals surface area contributed by atoms with Crippen LogP contribution in [0.1, 0.15) is 20.7 Å². The molecule has 1 heterocycles. The van der Waals surface area contributed by atoms with Gasteiger partial charge in [0, 0.05) is 5.02 Å². The van der Waals surface area contributed by atoms with Crippen LogP contribution in [0.15, 0.2) is 42.5 Å². The molecule has 28 heavy (non-hydrogen) atoms. The van der Waals surface area contributed by atoms with Gasteiger partial charge < -0.3 is 10.1 Å². The van der Waals surface area contributed by atoms with Crippen molar-refractivity contribution in [3.63, 3.8) is 0 Å². The normalized spacial score (nSPS) is 13.5. The van der Waals surface area contributed by atoms with Crippen molar-refractivity contribution in [1.29, 1.82) is 0 Å². The number of alkyl halides is 3. The van der Waals surface area contributed by atoms with Crippen LogP contribution in [0.2, 0.25) is 5.02 Å². The second kappa shape index (κ2) is 7.51. The van der Waals surface area contributed by atoms with Crippen LogP contribution in [0.25, 0.3) is 0 Å². The van der Waals surface area contributed by atoms with Crippen molar-refractivity contribution in [1.82, 2.24) is 4.90 Å². The topological polar surface area (TPSA) is 75.7 Å². The summed E-state index contributed by atoms with van der Waals surface area (Å²) in [6, 6.07) is 9.78. The molecule has 1 N–H and O–H groups in total. The van der Waals surface area contributed by atoms with Crippen molar-refractivity contribution in [2.24, 2.45) is 0 Å². The molecule has 0 unspecified atom stereocenters. The highest BCUT2D eigenvalue weighted by Gasteiger charge is 2.36. The third-order valence-corrected chi connectivity index (χ3v) is 4.02. The molecule has 1 aliphatic rings. The van der Waals surface area contributed by atoms with Gasteiger partial charge in [-0.05, 0) is 30.3 Å². The fraction of sp³-hybridized carbons (Fsp3) is 0.167. The van der Waals surface area contributed by atoms with Crippen LogP contribution >= 0.6 is 11.6 Å². The van der Waals surface area contributed by atoms with Gasteiger partial charge in [0.1, 0.15) is 12.3 Å². The third-order valence-electron chi connectivity index (χ3n) is 3.79. The molecular weight excluding hydrogens is 401 g/mol. The molecule has 2 aromatic carbocycles. The first kappa shape index (κ1) is 19.7. The predicted molar refractivity (Wildman–Crippen MR) is 93.4 cm³/mol. The summed E-state index contributed by atoms with van der Waals surface area (Å²) < 4.78 is 41.8. The lowest BCUT2D eigenvalue weighted by Crippen LogP contribution is -2.37. The summed E-state index contributed by atoms with van der Waals surface area (Å²) in [7, 11) is 0. The summed E-state index contributed by atoms with van der Waals surface area (Å²) in [6.07, 6.45) is -4.57. The molecule has 0 fully saturated rings. The smallest absolute Gasteiger partial charge is 0.422 e. The SMILES string of the molecule is O=C(CN1C(=O)c2ccccc2C1=O)Nc1cc(Cl)ccc1OCC(F)(F)F. The molecule has 0 aliphatic carbocycles. The van der Waals surface area contributed by atoms with Gasteiger partial charge in [-0.3, -0.25) is 19.3 Å². The standard InChI is InChI=1S/C18H12ClF3N2O4/c19-10-5-6-14(28-9-18(20,21)22)13(7-10)23-15(25)8-24-16(26)11-3-1-2-4-12(11)17(24)27/h1-7H,8-9H2,(H,23,25). The number of carbonyl (C=O) groups excluding carboxylic acids is 3. The number of nitrogens with zero attached hydrogens (tertiary/aromatic N) is 1. The zero-order valence-corrected chi connectivity index (χ0v) is 14.8. The van der Waals surface area contributed by atoms with Crippen molar-refractivity contribution >= 4 is 35.0 Å². The van der Waals surface area contributed by atoms with E-state index in [-0.39, 0.29) is 27.6 Å². The average Bonchev–Trinajstić information content (AvgIpc) is 2.85. The Hall–Kier alpha value is -3.07. The van der Waals surface area contributed by atoms with Crippen molar-refractivity contribution in [3.05, 3.63) is 58.6 Å². The maximum absolute atomic E-state index is 12.4. The molecule has 3 rings (SSSR count). The molecule has 0 aromatic heterocycles. The van der Waals surface area contributed by atoms with Crippen LogP contribution in [0.5, 0.6) is 5.75 Å². The van der Waals surface area contributed by atoms with Crippen molar-refractivity contribution < 1.29 is 32.3 Å². The fourth-order valence-electron chi connectivity index (χ4n) is 2.60. The Morgan fingerprint density at radius 3 is 2.25 bits per heavy atom. The number of halogens is 4. The summed E-state index contributed by atoms with van der Waals surface area (Å²) in [5, 5.41) is 2.47. The lowest BCUT2D eigenvalue weighted by atomic mass is 10.1. The molecule has 0 atom stereocenters. The van der Waals surface area contributed by atoms with Gasteiger partial charge in [-0.15, -0.1) is 0 Å². The Balaban J connectivity index is 1.73. The average molecular weight is 413 g/mol. The number of benzene rings is 2. The Bertz CT molecular complexity index is 927. The highest BCUT2D eigenvalue weighted by molar-refractivity contribution is 6.31. The first-order chi connectivity index (χ1) is 13.2. The number of nitrogens with one attached hydrogen (secondary N) is 1. The Morgan fingerprint density at radius 1 is 1.07 bits per heavy atom. The molecule has 2 aromatic rings. The van der Waals surface area contributed by atoms with Gasteiger partial charge in [0.25, 0.3) is 11.8 Å². The number of amides is 3. The minimum Gasteiger partial charge on any atom is -0.482 e. The van der Waals surface area contributed by atoms with Gasteiger partial charge in [-0.1, -0.05) is 23.7 Å². The van der Waals surface area contributed by atoms with Crippen LogP contribution in [0.4, 0.5) is 18.9 Å². The number of rotatable bonds is 5. The number of imide groups is 1. The monoisotopic (exact) mass is 412 g/mol. The molecule has 10 heteroatoms. The predicted octanol–water partition coefficient (Wildman–Crippen LogP) is 3.52. The van der Waals surface area contributed by atoms with E-state index >= 15 is 0 Å². The van der Waals surface area contributed by atoms with Gasteiger partial charge in [0.2, 0.25) is 5.91 Å². The Labute approximate surface area is 161 Å². The van der Waals surface area contributed by atoms with Gasteiger partial charge in [0.05, 0.1) is 16.8 Å². The summed E-state index contributed by atoms with van der Waals surface area (Å²) in [6.45, 7) is -2.17. The van der Waals surface area contributed by atoms with Crippen molar-refractivity contribution in [2.75, 3.05) is 18.5 Å². The molecule has 0 bridgehead atoms. The van der Waals surface area contributed by atoms with E-state index in [0.29, 0.717) is 0 Å². The van der Waals surface area contributed by atoms with E-state index in [0.717, 1.165) is 4.90 Å². The van der Waals surface area contributed by atoms with Crippen LogP contribution in [-0.4, -0.2) is 41.9 Å². The van der Waals surface area contributed by atoms with Crippen LogP contribution in [0.3, 0.4) is 0 Å². The van der Waals surface area contributed by atoms with Gasteiger partial charge in [-0.2, -0.15) is 13.2 Å². The third kappa shape index (κ3) is 4.25. The number of carbonyl (C=O) groups is 3. The first-order valence-corrected chi connectivity index (χ1v) is 8.27. The molecule has 0 saturated heterocycles. The van der Waals surface area contributed by atoms with E-state index in [1.807, 2.05) is 0 Å². The first-order valence-electron chi connectivity index (χ1n) is 7.90. The largest absolute Gasteiger partial charge is 0.482 e. The van der Waals surface area contributed by atoms with Crippen molar-refractivity contribution in [3.8, 4) is 5.75 Å². The van der Waals surface area contributed by atoms with E-state index < -0.39 is 37.0 Å². The minimum atomic E-state index is -4.57. The highest BCUT2D eigenvalue weighted by atomic mass is 35.5. The Morgan fingerprint density at radius 2 is 1.68 bits per heavy atom. The molecular formula is C18H12ClF3N2O4. The molecule has 146 valence electrons. The highest BCUT2D eigenvalue weighted by Crippen LogP contribution is 2.30. The van der Waals surface area contributed by atoms with Crippen LogP contribution in [0, 0.1) is 0 Å². The fourth-order valence-corrected chi connectivity index (χ4v) is 2.77. The number of hydrogen-bond acceptors (Lipinski definition) is 4. The quantitative estimate of drug-likeness (QED) is 0.762. The second-order valence-corrected chi connectivity index (χ2v) is 6.27. The zero-order valence-electron chi connectivity index (χ0n) is 14.0. The maximum atomic E-state index is 12.4. The molecule has 1 aliphatic heterocycles. The van der Waals surface area contributed by atoms with Crippen LogP contribution in [-0.2, 0) is 4.79 Å². The van der Waals surface area contributed by atoms with Gasteiger partial charge in [0.15, 0.2) is 6.61 Å². The zero-order chi connectivity index (χ0) is 20.5. The summed E-state index contributed by atoms with van der Waals surface area (Å²) >= 11 is 5.82. The van der Waals surface area contributed by atoms with Crippen molar-refractivity contribution in [2.45, 2.75) is 6.18 Å². The number of anilines is 1. The maximum Gasteiger partial charge on any atom is 0.422 e. The Kier molecular flexibility index (Phi) is 5.28. The number of fused-ring (bicyclic) bond motifs is 1. The molecule has 3 amide bonds. The summed E-state index contributed by atoms with van der Waals surface area (Å²) in [5.41, 5.74) is 0.243.